The molecule has 2 rings (SSSR count). The van der Waals surface area contributed by atoms with Gasteiger partial charge in [-0.25, -0.2) is 4.39 Å². The fraction of sp³-hybridized carbons (Fsp3) is 0.647. The van der Waals surface area contributed by atoms with Gasteiger partial charge in [0.1, 0.15) is 5.82 Å². The molecule has 1 heterocycles. The van der Waals surface area contributed by atoms with Crippen LogP contribution in [0.15, 0.2) is 24.3 Å². The molecule has 0 bridgehead atoms. The number of benzene rings is 1. The van der Waals surface area contributed by atoms with Gasteiger partial charge in [0.15, 0.2) is 0 Å². The highest BCUT2D eigenvalue weighted by Crippen LogP contribution is 2.39. The van der Waals surface area contributed by atoms with Gasteiger partial charge in [-0.15, -0.1) is 0 Å². The average Bonchev–Trinajstić information content (AvgIpc) is 2.83. The van der Waals surface area contributed by atoms with Crippen LogP contribution in [0.5, 0.6) is 0 Å². The van der Waals surface area contributed by atoms with E-state index in [4.69, 9.17) is 4.43 Å². The van der Waals surface area contributed by atoms with Crippen LogP contribution < -0.4 is 5.32 Å². The van der Waals surface area contributed by atoms with Crippen LogP contribution in [0.3, 0.4) is 0 Å². The summed E-state index contributed by atoms with van der Waals surface area (Å²) < 4.78 is 19.9. The minimum atomic E-state index is -0.767. The molecule has 0 spiro atoms. The van der Waals surface area contributed by atoms with Crippen LogP contribution in [0, 0.1) is 17.2 Å². The quantitative estimate of drug-likeness (QED) is 0.854. The third kappa shape index (κ3) is 4.15. The van der Waals surface area contributed by atoms with Gasteiger partial charge in [-0.2, -0.15) is 0 Å². The molecule has 0 aliphatic carbocycles. The summed E-state index contributed by atoms with van der Waals surface area (Å²) in [5.41, 5.74) is 1.17. The molecule has 0 aromatic heterocycles. The number of halogens is 1. The smallest absolute Gasteiger partial charge is 0.205 e. The highest BCUT2D eigenvalue weighted by molar-refractivity contribution is 6.48. The summed E-state index contributed by atoms with van der Waals surface area (Å²) in [6.45, 7) is 12.9. The Hall–Kier alpha value is -0.713. The van der Waals surface area contributed by atoms with E-state index in [9.17, 15) is 4.39 Å². The van der Waals surface area contributed by atoms with Gasteiger partial charge in [0.05, 0.1) is 6.10 Å². The minimum Gasteiger partial charge on any atom is -0.413 e. The number of nitrogens with one attached hydrogen (secondary N) is 1. The standard InChI is InChI=1S/C17H27FNOSi/c1-17(2,3)16(20-21(4)5)15-11-19-10-14(15)12-7-6-8-13(18)9-12/h6-9,14-16,19H,10-11H2,1-5H3/t14-,15+,16?/m1/s1. The topological polar surface area (TPSA) is 21.3 Å². The van der Waals surface area contributed by atoms with Crippen molar-refractivity contribution in [3.05, 3.63) is 35.6 Å². The molecule has 4 heteroatoms. The van der Waals surface area contributed by atoms with E-state index < -0.39 is 9.04 Å². The lowest BCUT2D eigenvalue weighted by molar-refractivity contribution is 0.0339. The third-order valence-corrected chi connectivity index (χ3v) is 4.87. The van der Waals surface area contributed by atoms with Crippen molar-refractivity contribution in [1.82, 2.24) is 5.32 Å². The molecule has 1 saturated heterocycles. The Labute approximate surface area is 129 Å². The second-order valence-corrected chi connectivity index (χ2v) is 9.35. The zero-order valence-corrected chi connectivity index (χ0v) is 14.7. The van der Waals surface area contributed by atoms with Gasteiger partial charge in [0.25, 0.3) is 0 Å². The zero-order valence-electron chi connectivity index (χ0n) is 13.7. The Kier molecular flexibility index (Phi) is 5.23. The van der Waals surface area contributed by atoms with Crippen molar-refractivity contribution in [1.29, 1.82) is 0 Å². The highest BCUT2D eigenvalue weighted by atomic mass is 28.3. The molecule has 1 aromatic carbocycles. The predicted molar refractivity (Wildman–Crippen MR) is 87.3 cm³/mol. The van der Waals surface area contributed by atoms with Gasteiger partial charge < -0.3 is 9.74 Å². The monoisotopic (exact) mass is 308 g/mol. The fourth-order valence-electron chi connectivity index (χ4n) is 3.28. The van der Waals surface area contributed by atoms with Gasteiger partial charge >= 0.3 is 0 Å². The zero-order chi connectivity index (χ0) is 15.6. The molecule has 0 saturated carbocycles. The number of rotatable bonds is 4. The SMILES string of the molecule is C[Si](C)OC([C@H]1CNC[C@@H]1c1cccc(F)c1)C(C)(C)C. The van der Waals surface area contributed by atoms with E-state index in [2.05, 4.69) is 39.2 Å². The number of hydrogen-bond acceptors (Lipinski definition) is 2. The van der Waals surface area contributed by atoms with Crippen LogP contribution in [0.2, 0.25) is 13.1 Å². The van der Waals surface area contributed by atoms with Crippen LogP contribution in [-0.4, -0.2) is 28.2 Å². The lowest BCUT2D eigenvalue weighted by atomic mass is 9.75. The van der Waals surface area contributed by atoms with Crippen LogP contribution in [0.4, 0.5) is 4.39 Å². The summed E-state index contributed by atoms with van der Waals surface area (Å²) in [4.78, 5) is 0. The highest BCUT2D eigenvalue weighted by Gasteiger charge is 2.41. The molecule has 1 aliphatic heterocycles. The van der Waals surface area contributed by atoms with E-state index in [0.717, 1.165) is 18.7 Å². The second kappa shape index (κ2) is 6.59. The molecular weight excluding hydrogens is 281 g/mol. The first-order valence-corrected chi connectivity index (χ1v) is 10.1. The van der Waals surface area contributed by atoms with E-state index in [-0.39, 0.29) is 17.3 Å². The molecule has 1 radical (unpaired) electrons. The second-order valence-electron chi connectivity index (χ2n) is 7.30. The Morgan fingerprint density at radius 3 is 2.57 bits per heavy atom. The van der Waals surface area contributed by atoms with Crippen LogP contribution >= 0.6 is 0 Å². The van der Waals surface area contributed by atoms with E-state index in [1.165, 1.54) is 6.07 Å². The van der Waals surface area contributed by atoms with Crippen molar-refractivity contribution in [3.63, 3.8) is 0 Å². The maximum Gasteiger partial charge on any atom is 0.205 e. The van der Waals surface area contributed by atoms with Crippen molar-refractivity contribution in [2.24, 2.45) is 11.3 Å². The van der Waals surface area contributed by atoms with E-state index >= 15 is 0 Å². The van der Waals surface area contributed by atoms with Crippen molar-refractivity contribution in [2.45, 2.75) is 45.9 Å². The summed E-state index contributed by atoms with van der Waals surface area (Å²) in [5.74, 6) is 0.570. The Morgan fingerprint density at radius 1 is 1.29 bits per heavy atom. The lowest BCUT2D eigenvalue weighted by Gasteiger charge is -2.39. The van der Waals surface area contributed by atoms with Gasteiger partial charge in [-0.05, 0) is 36.2 Å². The van der Waals surface area contributed by atoms with Gasteiger partial charge in [0, 0.05) is 24.9 Å². The molecular formula is C17H27FNOSi. The van der Waals surface area contributed by atoms with Crippen molar-refractivity contribution < 1.29 is 8.82 Å². The summed E-state index contributed by atoms with van der Waals surface area (Å²) >= 11 is 0. The van der Waals surface area contributed by atoms with E-state index in [0.29, 0.717) is 11.8 Å². The van der Waals surface area contributed by atoms with Gasteiger partial charge in [0.2, 0.25) is 9.04 Å². The molecule has 1 fully saturated rings. The van der Waals surface area contributed by atoms with Gasteiger partial charge in [-0.1, -0.05) is 32.9 Å². The maximum atomic E-state index is 13.5. The average molecular weight is 308 g/mol. The molecule has 1 aliphatic rings. The molecule has 1 aromatic rings. The molecule has 21 heavy (non-hydrogen) atoms. The summed E-state index contributed by atoms with van der Waals surface area (Å²) in [5, 5.41) is 3.48. The van der Waals surface area contributed by atoms with Gasteiger partial charge in [-0.3, -0.25) is 0 Å². The first-order chi connectivity index (χ1) is 9.79. The predicted octanol–water partition coefficient (Wildman–Crippen LogP) is 3.81. The first kappa shape index (κ1) is 16.7. The number of hydrogen-bond donors (Lipinski definition) is 1. The van der Waals surface area contributed by atoms with E-state index in [1.807, 2.05) is 12.1 Å². The van der Waals surface area contributed by atoms with Crippen molar-refractivity contribution in [2.75, 3.05) is 13.1 Å². The van der Waals surface area contributed by atoms with Crippen molar-refractivity contribution >= 4 is 9.04 Å². The minimum absolute atomic E-state index is 0.0875. The summed E-state index contributed by atoms with van der Waals surface area (Å²) in [6.07, 6.45) is 0.199. The summed E-state index contributed by atoms with van der Waals surface area (Å²) in [6, 6.07) is 7.03. The lowest BCUT2D eigenvalue weighted by Crippen LogP contribution is -2.42. The molecule has 2 nitrogen and oxygen atoms in total. The molecule has 1 N–H and O–H groups in total. The van der Waals surface area contributed by atoms with E-state index in [1.54, 1.807) is 6.07 Å². The molecule has 1 unspecified atom stereocenters. The third-order valence-electron chi connectivity index (χ3n) is 4.14. The molecule has 0 amide bonds. The first-order valence-electron chi connectivity index (χ1n) is 7.72. The largest absolute Gasteiger partial charge is 0.413 e. The van der Waals surface area contributed by atoms with Crippen LogP contribution in [-0.2, 0) is 4.43 Å². The Morgan fingerprint density at radius 2 is 2.00 bits per heavy atom. The molecule has 117 valence electrons. The summed E-state index contributed by atoms with van der Waals surface area (Å²) in [7, 11) is -0.767. The van der Waals surface area contributed by atoms with Crippen LogP contribution in [0.1, 0.15) is 32.3 Å². The normalized spacial score (nSPS) is 24.5. The Balaban J connectivity index is 2.27. The maximum absolute atomic E-state index is 13.5. The Bertz CT molecular complexity index is 472. The fourth-order valence-corrected chi connectivity index (χ4v) is 4.32. The van der Waals surface area contributed by atoms with Crippen molar-refractivity contribution in [3.8, 4) is 0 Å². The van der Waals surface area contributed by atoms with Crippen LogP contribution in [0.25, 0.3) is 0 Å². The molecule has 3 atom stereocenters.